The fourth-order valence-corrected chi connectivity index (χ4v) is 2.27. The van der Waals surface area contributed by atoms with Crippen LogP contribution in [0.5, 0.6) is 0 Å². The van der Waals surface area contributed by atoms with Crippen LogP contribution in [0, 0.1) is 0 Å². The molecule has 1 aromatic carbocycles. The molecule has 0 aliphatic rings. The first-order chi connectivity index (χ1) is 8.45. The summed E-state index contributed by atoms with van der Waals surface area (Å²) in [6.45, 7) is 3.72. The van der Waals surface area contributed by atoms with E-state index in [9.17, 15) is 4.79 Å². The molecule has 0 radical (unpaired) electrons. The number of benzene rings is 1. The SMILES string of the molecule is CCCC(C)(N)C(=O)c1cc2cccc(Cl)c2o1. The van der Waals surface area contributed by atoms with E-state index in [1.54, 1.807) is 19.1 Å². The second-order valence-electron chi connectivity index (χ2n) is 4.77. The number of carbonyl (C=O) groups is 1. The Balaban J connectivity index is 2.43. The molecule has 0 aliphatic carbocycles. The van der Waals surface area contributed by atoms with Crippen LogP contribution >= 0.6 is 11.6 Å². The molecular weight excluding hydrogens is 250 g/mol. The summed E-state index contributed by atoms with van der Waals surface area (Å²) in [5.74, 6) is 0.0909. The van der Waals surface area contributed by atoms with Gasteiger partial charge in [0.1, 0.15) is 0 Å². The van der Waals surface area contributed by atoms with E-state index < -0.39 is 5.54 Å². The molecule has 0 spiro atoms. The summed E-state index contributed by atoms with van der Waals surface area (Å²) in [6.07, 6.45) is 1.47. The zero-order valence-electron chi connectivity index (χ0n) is 10.5. The van der Waals surface area contributed by atoms with Crippen LogP contribution in [0.25, 0.3) is 11.0 Å². The standard InChI is InChI=1S/C14H16ClNO2/c1-3-7-14(2,16)13(17)11-8-9-5-4-6-10(15)12(9)18-11/h4-6,8H,3,7,16H2,1-2H3. The van der Waals surface area contributed by atoms with Crippen molar-refractivity contribution in [3.63, 3.8) is 0 Å². The number of furan rings is 1. The van der Waals surface area contributed by atoms with Gasteiger partial charge in [-0.25, -0.2) is 0 Å². The number of ketones is 1. The third-order valence-corrected chi connectivity index (χ3v) is 3.31. The van der Waals surface area contributed by atoms with Crippen molar-refractivity contribution in [1.82, 2.24) is 0 Å². The Kier molecular flexibility index (Phi) is 3.46. The third kappa shape index (κ3) is 2.28. The Bertz CT molecular complexity index is 586. The fraction of sp³-hybridized carbons (Fsp3) is 0.357. The topological polar surface area (TPSA) is 56.2 Å². The highest BCUT2D eigenvalue weighted by molar-refractivity contribution is 6.34. The summed E-state index contributed by atoms with van der Waals surface area (Å²) in [7, 11) is 0. The largest absolute Gasteiger partial charge is 0.451 e. The molecule has 18 heavy (non-hydrogen) atoms. The zero-order valence-corrected chi connectivity index (χ0v) is 11.3. The van der Waals surface area contributed by atoms with Gasteiger partial charge in [0.25, 0.3) is 0 Å². The molecule has 1 unspecified atom stereocenters. The second-order valence-corrected chi connectivity index (χ2v) is 5.17. The van der Waals surface area contributed by atoms with Gasteiger partial charge in [-0.15, -0.1) is 0 Å². The van der Waals surface area contributed by atoms with Crippen molar-refractivity contribution < 1.29 is 9.21 Å². The van der Waals surface area contributed by atoms with Gasteiger partial charge >= 0.3 is 0 Å². The first kappa shape index (κ1) is 13.1. The van der Waals surface area contributed by atoms with E-state index in [2.05, 4.69) is 0 Å². The maximum atomic E-state index is 12.3. The summed E-state index contributed by atoms with van der Waals surface area (Å²) in [5, 5.41) is 1.32. The lowest BCUT2D eigenvalue weighted by atomic mass is 9.91. The number of fused-ring (bicyclic) bond motifs is 1. The molecule has 0 amide bonds. The minimum atomic E-state index is -0.894. The maximum absolute atomic E-state index is 12.3. The maximum Gasteiger partial charge on any atom is 0.217 e. The highest BCUT2D eigenvalue weighted by atomic mass is 35.5. The van der Waals surface area contributed by atoms with E-state index in [-0.39, 0.29) is 11.5 Å². The van der Waals surface area contributed by atoms with Crippen LogP contribution in [0.15, 0.2) is 28.7 Å². The van der Waals surface area contributed by atoms with Gasteiger partial charge in [-0.1, -0.05) is 37.1 Å². The lowest BCUT2D eigenvalue weighted by Gasteiger charge is -2.20. The van der Waals surface area contributed by atoms with Crippen molar-refractivity contribution in [1.29, 1.82) is 0 Å². The lowest BCUT2D eigenvalue weighted by Crippen LogP contribution is -2.44. The van der Waals surface area contributed by atoms with Gasteiger partial charge in [0.05, 0.1) is 10.6 Å². The lowest BCUT2D eigenvalue weighted by molar-refractivity contribution is 0.0866. The number of hydrogen-bond donors (Lipinski definition) is 1. The van der Waals surface area contributed by atoms with Gasteiger partial charge in [0, 0.05) is 5.39 Å². The van der Waals surface area contributed by atoms with Crippen LogP contribution in [-0.2, 0) is 0 Å². The number of rotatable bonds is 4. The Hall–Kier alpha value is -1.32. The number of Topliss-reactive ketones (excluding diaryl/α,β-unsaturated/α-hetero) is 1. The molecule has 1 heterocycles. The molecule has 2 rings (SSSR count). The van der Waals surface area contributed by atoms with E-state index in [4.69, 9.17) is 21.8 Å². The predicted molar refractivity (Wildman–Crippen MR) is 73.1 cm³/mol. The number of nitrogens with two attached hydrogens (primary N) is 1. The summed E-state index contributed by atoms with van der Waals surface area (Å²) >= 11 is 6.01. The number of hydrogen-bond acceptors (Lipinski definition) is 3. The van der Waals surface area contributed by atoms with Crippen molar-refractivity contribution in [2.75, 3.05) is 0 Å². The average molecular weight is 266 g/mol. The van der Waals surface area contributed by atoms with Crippen LogP contribution in [-0.4, -0.2) is 11.3 Å². The minimum absolute atomic E-state index is 0.184. The summed E-state index contributed by atoms with van der Waals surface area (Å²) in [5.41, 5.74) is 5.66. The van der Waals surface area contributed by atoms with Gasteiger partial charge in [0.15, 0.2) is 11.3 Å². The van der Waals surface area contributed by atoms with E-state index >= 15 is 0 Å². The number of halogens is 1. The second kappa shape index (κ2) is 4.75. The third-order valence-electron chi connectivity index (χ3n) is 3.01. The minimum Gasteiger partial charge on any atom is -0.451 e. The fourth-order valence-electron chi connectivity index (χ4n) is 2.05. The quantitative estimate of drug-likeness (QED) is 0.856. The monoisotopic (exact) mass is 265 g/mol. The van der Waals surface area contributed by atoms with Gasteiger partial charge < -0.3 is 10.2 Å². The zero-order chi connectivity index (χ0) is 13.3. The first-order valence-corrected chi connectivity index (χ1v) is 6.35. The van der Waals surface area contributed by atoms with Crippen LogP contribution in [0.3, 0.4) is 0 Å². The number of para-hydroxylation sites is 1. The first-order valence-electron chi connectivity index (χ1n) is 5.97. The van der Waals surface area contributed by atoms with Crippen molar-refractivity contribution in [2.24, 2.45) is 5.73 Å². The van der Waals surface area contributed by atoms with Gasteiger partial charge in [-0.05, 0) is 25.5 Å². The molecule has 0 bridgehead atoms. The Morgan fingerprint density at radius 3 is 2.83 bits per heavy atom. The highest BCUT2D eigenvalue weighted by Gasteiger charge is 2.31. The van der Waals surface area contributed by atoms with E-state index in [0.717, 1.165) is 11.8 Å². The van der Waals surface area contributed by atoms with Crippen LogP contribution < -0.4 is 5.73 Å². The summed E-state index contributed by atoms with van der Waals surface area (Å²) in [4.78, 5) is 12.3. The van der Waals surface area contributed by atoms with E-state index in [0.29, 0.717) is 17.0 Å². The summed E-state index contributed by atoms with van der Waals surface area (Å²) in [6, 6.07) is 7.11. The van der Waals surface area contributed by atoms with Crippen LogP contribution in [0.1, 0.15) is 37.2 Å². The van der Waals surface area contributed by atoms with Crippen molar-refractivity contribution in [2.45, 2.75) is 32.2 Å². The molecule has 2 N–H and O–H groups in total. The van der Waals surface area contributed by atoms with Gasteiger partial charge in [-0.3, -0.25) is 4.79 Å². The molecule has 1 aromatic heterocycles. The van der Waals surface area contributed by atoms with Gasteiger partial charge in [0.2, 0.25) is 5.78 Å². The molecule has 1 atom stereocenters. The molecule has 2 aromatic rings. The van der Waals surface area contributed by atoms with Crippen LogP contribution in [0.2, 0.25) is 5.02 Å². The molecule has 96 valence electrons. The van der Waals surface area contributed by atoms with E-state index in [1.807, 2.05) is 19.1 Å². The molecule has 0 aliphatic heterocycles. The van der Waals surface area contributed by atoms with Crippen LogP contribution in [0.4, 0.5) is 0 Å². The smallest absolute Gasteiger partial charge is 0.217 e. The van der Waals surface area contributed by atoms with Gasteiger partial charge in [-0.2, -0.15) is 0 Å². The molecule has 4 heteroatoms. The Labute approximate surface area is 111 Å². The molecule has 0 saturated heterocycles. The average Bonchev–Trinajstić information content (AvgIpc) is 2.73. The number of carbonyl (C=O) groups excluding carboxylic acids is 1. The normalized spacial score (nSPS) is 14.7. The van der Waals surface area contributed by atoms with E-state index in [1.165, 1.54) is 0 Å². The molecule has 0 saturated carbocycles. The highest BCUT2D eigenvalue weighted by Crippen LogP contribution is 2.28. The van der Waals surface area contributed by atoms with Crippen molar-refractivity contribution in [3.8, 4) is 0 Å². The van der Waals surface area contributed by atoms with Crippen molar-refractivity contribution >= 4 is 28.4 Å². The van der Waals surface area contributed by atoms with Crippen molar-refractivity contribution in [3.05, 3.63) is 35.0 Å². The molecular formula is C14H16ClNO2. The molecule has 0 fully saturated rings. The Morgan fingerprint density at radius 1 is 1.50 bits per heavy atom. The molecule has 3 nitrogen and oxygen atoms in total. The predicted octanol–water partition coefficient (Wildman–Crippen LogP) is 3.79. The summed E-state index contributed by atoms with van der Waals surface area (Å²) < 4.78 is 5.53. The Morgan fingerprint density at radius 2 is 2.22 bits per heavy atom.